The van der Waals surface area contributed by atoms with E-state index in [9.17, 15) is 13.6 Å². The summed E-state index contributed by atoms with van der Waals surface area (Å²) in [7, 11) is 0. The molecular weight excluding hydrogens is 354 g/mol. The number of aryl methyl sites for hydroxylation is 1. The molecule has 1 amide bonds. The van der Waals surface area contributed by atoms with Crippen molar-refractivity contribution in [2.75, 3.05) is 0 Å². The summed E-state index contributed by atoms with van der Waals surface area (Å²) in [5.74, 6) is -0.199. The fourth-order valence-electron chi connectivity index (χ4n) is 3.12. The van der Waals surface area contributed by atoms with Crippen LogP contribution in [0.4, 0.5) is 8.78 Å². The van der Waals surface area contributed by atoms with E-state index >= 15 is 0 Å². The second kappa shape index (κ2) is 6.71. The molecule has 4 rings (SSSR count). The predicted octanol–water partition coefficient (Wildman–Crippen LogP) is 3.00. The van der Waals surface area contributed by atoms with E-state index in [1.54, 1.807) is 6.20 Å². The van der Waals surface area contributed by atoms with Crippen molar-refractivity contribution in [2.45, 2.75) is 52.1 Å². The number of aromatic nitrogens is 5. The third-order valence-corrected chi connectivity index (χ3v) is 4.87. The number of carbonyl (C=O) groups is 1. The first-order valence-electron chi connectivity index (χ1n) is 8.96. The zero-order valence-electron chi connectivity index (χ0n) is 15.1. The summed E-state index contributed by atoms with van der Waals surface area (Å²) in [6, 6.07) is 2.85. The standard InChI is InChI=1S/C18H20F2N6O/c1-3-25-10(2)12(9-22-25)8-21-18(27)14-7-16-23-13(11-4-5-11)6-15(17(19)20)26(16)24-14/h6-7,9,11,17H,3-5,8H2,1-2H3,(H,21,27). The van der Waals surface area contributed by atoms with E-state index in [0.717, 1.165) is 35.2 Å². The van der Waals surface area contributed by atoms with Gasteiger partial charge in [-0.15, -0.1) is 0 Å². The zero-order valence-corrected chi connectivity index (χ0v) is 15.1. The Bertz CT molecular complexity index is 1000. The van der Waals surface area contributed by atoms with Gasteiger partial charge in [0.1, 0.15) is 5.69 Å². The van der Waals surface area contributed by atoms with Gasteiger partial charge in [-0.1, -0.05) is 0 Å². The van der Waals surface area contributed by atoms with Gasteiger partial charge in [0.25, 0.3) is 12.3 Å². The first-order valence-corrected chi connectivity index (χ1v) is 8.96. The van der Waals surface area contributed by atoms with Crippen LogP contribution in [0.15, 0.2) is 18.3 Å². The maximum absolute atomic E-state index is 13.4. The van der Waals surface area contributed by atoms with Crippen molar-refractivity contribution in [1.82, 2.24) is 29.7 Å². The zero-order chi connectivity index (χ0) is 19.1. The molecule has 3 heterocycles. The molecule has 1 aliphatic rings. The number of amides is 1. The van der Waals surface area contributed by atoms with E-state index < -0.39 is 12.3 Å². The molecule has 0 aliphatic heterocycles. The number of nitrogens with zero attached hydrogens (tertiary/aromatic N) is 5. The van der Waals surface area contributed by atoms with Gasteiger partial charge in [0, 0.05) is 42.0 Å². The molecule has 9 heteroatoms. The van der Waals surface area contributed by atoms with Crippen molar-refractivity contribution in [2.24, 2.45) is 0 Å². The number of hydrogen-bond donors (Lipinski definition) is 1. The van der Waals surface area contributed by atoms with Crippen LogP contribution < -0.4 is 5.32 Å². The molecule has 0 spiro atoms. The van der Waals surface area contributed by atoms with Gasteiger partial charge in [-0.2, -0.15) is 10.2 Å². The van der Waals surface area contributed by atoms with E-state index in [2.05, 4.69) is 20.5 Å². The maximum Gasteiger partial charge on any atom is 0.280 e. The van der Waals surface area contributed by atoms with Crippen molar-refractivity contribution in [1.29, 1.82) is 0 Å². The summed E-state index contributed by atoms with van der Waals surface area (Å²) in [5, 5.41) is 11.1. The number of halogens is 2. The monoisotopic (exact) mass is 374 g/mol. The highest BCUT2D eigenvalue weighted by Gasteiger charge is 2.28. The molecule has 7 nitrogen and oxygen atoms in total. The Labute approximate surface area is 154 Å². The van der Waals surface area contributed by atoms with Gasteiger partial charge in [0.05, 0.1) is 6.20 Å². The van der Waals surface area contributed by atoms with Gasteiger partial charge in [-0.25, -0.2) is 18.3 Å². The van der Waals surface area contributed by atoms with E-state index in [-0.39, 0.29) is 23.0 Å². The molecule has 0 saturated heterocycles. The Hall–Kier alpha value is -2.84. The van der Waals surface area contributed by atoms with Gasteiger partial charge in [0.15, 0.2) is 11.3 Å². The SMILES string of the molecule is CCn1ncc(CNC(=O)c2cc3nc(C4CC4)cc(C(F)F)n3n2)c1C. The highest BCUT2D eigenvalue weighted by Crippen LogP contribution is 2.40. The number of fused-ring (bicyclic) bond motifs is 1. The minimum atomic E-state index is -2.69. The quantitative estimate of drug-likeness (QED) is 0.720. The van der Waals surface area contributed by atoms with E-state index in [4.69, 9.17) is 0 Å². The molecule has 0 aromatic carbocycles. The Morgan fingerprint density at radius 2 is 2.15 bits per heavy atom. The molecule has 0 unspecified atom stereocenters. The lowest BCUT2D eigenvalue weighted by molar-refractivity contribution is 0.0944. The van der Waals surface area contributed by atoms with Gasteiger partial charge < -0.3 is 5.32 Å². The summed E-state index contributed by atoms with van der Waals surface area (Å²) >= 11 is 0. The lowest BCUT2D eigenvalue weighted by atomic mass is 10.2. The third kappa shape index (κ3) is 3.29. The Kier molecular flexibility index (Phi) is 4.37. The lowest BCUT2D eigenvalue weighted by Gasteiger charge is -2.06. The smallest absolute Gasteiger partial charge is 0.280 e. The Morgan fingerprint density at radius 1 is 1.37 bits per heavy atom. The number of hydrogen-bond acceptors (Lipinski definition) is 4. The minimum Gasteiger partial charge on any atom is -0.346 e. The fraction of sp³-hybridized carbons (Fsp3) is 0.444. The molecule has 0 radical (unpaired) electrons. The Balaban J connectivity index is 1.58. The van der Waals surface area contributed by atoms with E-state index in [1.165, 1.54) is 12.1 Å². The molecule has 1 N–H and O–H groups in total. The van der Waals surface area contributed by atoms with Gasteiger partial charge in [0.2, 0.25) is 0 Å². The average molecular weight is 374 g/mol. The highest BCUT2D eigenvalue weighted by atomic mass is 19.3. The first-order chi connectivity index (χ1) is 13.0. The molecule has 3 aromatic heterocycles. The summed E-state index contributed by atoms with van der Waals surface area (Å²) in [6.07, 6.45) is 0.934. The minimum absolute atomic E-state index is 0.0675. The Morgan fingerprint density at radius 3 is 2.78 bits per heavy atom. The summed E-state index contributed by atoms with van der Waals surface area (Å²) < 4.78 is 29.7. The van der Waals surface area contributed by atoms with Crippen LogP contribution in [0.3, 0.4) is 0 Å². The number of alkyl halides is 2. The highest BCUT2D eigenvalue weighted by molar-refractivity contribution is 5.93. The van der Waals surface area contributed by atoms with Crippen molar-refractivity contribution in [3.05, 3.63) is 46.7 Å². The van der Waals surface area contributed by atoms with Crippen molar-refractivity contribution >= 4 is 11.6 Å². The molecule has 1 aliphatic carbocycles. The van der Waals surface area contributed by atoms with Crippen LogP contribution in [0, 0.1) is 6.92 Å². The first kappa shape index (κ1) is 17.6. The van der Waals surface area contributed by atoms with Gasteiger partial charge >= 0.3 is 0 Å². The summed E-state index contributed by atoms with van der Waals surface area (Å²) in [4.78, 5) is 16.9. The van der Waals surface area contributed by atoms with Crippen LogP contribution >= 0.6 is 0 Å². The van der Waals surface area contributed by atoms with Crippen LogP contribution in [0.5, 0.6) is 0 Å². The molecule has 1 fully saturated rings. The third-order valence-electron chi connectivity index (χ3n) is 4.87. The average Bonchev–Trinajstić information content (AvgIpc) is 3.31. The van der Waals surface area contributed by atoms with Crippen LogP contribution in [-0.4, -0.2) is 30.3 Å². The molecule has 3 aromatic rings. The van der Waals surface area contributed by atoms with Crippen molar-refractivity contribution < 1.29 is 13.6 Å². The van der Waals surface area contributed by atoms with Crippen LogP contribution in [0.25, 0.3) is 5.65 Å². The predicted molar refractivity (Wildman–Crippen MR) is 93.7 cm³/mol. The number of nitrogens with one attached hydrogen (secondary N) is 1. The number of rotatable bonds is 6. The van der Waals surface area contributed by atoms with E-state index in [0.29, 0.717) is 12.2 Å². The molecule has 27 heavy (non-hydrogen) atoms. The van der Waals surface area contributed by atoms with Gasteiger partial charge in [-0.3, -0.25) is 9.48 Å². The van der Waals surface area contributed by atoms with Crippen molar-refractivity contribution in [3.8, 4) is 0 Å². The molecular formula is C18H20F2N6O. The molecule has 0 bridgehead atoms. The topological polar surface area (TPSA) is 77.1 Å². The summed E-state index contributed by atoms with van der Waals surface area (Å²) in [6.45, 7) is 4.96. The molecule has 142 valence electrons. The lowest BCUT2D eigenvalue weighted by Crippen LogP contribution is -2.23. The second-order valence-electron chi connectivity index (χ2n) is 6.73. The molecule has 0 atom stereocenters. The van der Waals surface area contributed by atoms with Crippen LogP contribution in [0.1, 0.15) is 65.2 Å². The normalized spacial score (nSPS) is 14.3. The second-order valence-corrected chi connectivity index (χ2v) is 6.73. The van der Waals surface area contributed by atoms with Gasteiger partial charge in [-0.05, 0) is 32.8 Å². The number of carbonyl (C=O) groups excluding carboxylic acids is 1. The van der Waals surface area contributed by atoms with Crippen LogP contribution in [-0.2, 0) is 13.1 Å². The van der Waals surface area contributed by atoms with Crippen molar-refractivity contribution in [3.63, 3.8) is 0 Å². The fourth-order valence-corrected chi connectivity index (χ4v) is 3.12. The maximum atomic E-state index is 13.4. The van der Waals surface area contributed by atoms with Crippen LogP contribution in [0.2, 0.25) is 0 Å². The largest absolute Gasteiger partial charge is 0.346 e. The summed E-state index contributed by atoms with van der Waals surface area (Å²) in [5.41, 5.74) is 2.63. The molecule has 1 saturated carbocycles. The van der Waals surface area contributed by atoms with E-state index in [1.807, 2.05) is 18.5 Å².